The first-order chi connectivity index (χ1) is 9.81. The van der Waals surface area contributed by atoms with Crippen LogP contribution in [0, 0.1) is 0 Å². The summed E-state index contributed by atoms with van der Waals surface area (Å²) in [5.41, 5.74) is 1.53. The molecule has 1 amide bonds. The zero-order chi connectivity index (χ0) is 13.9. The third-order valence-corrected chi connectivity index (χ3v) is 4.64. The average molecular weight is 287 g/mol. The average Bonchev–Trinajstić information content (AvgIpc) is 2.92. The van der Waals surface area contributed by atoms with Crippen LogP contribution in [0.1, 0.15) is 46.7 Å². The molecular formula is C15H17N3OS. The Morgan fingerprint density at radius 1 is 1.55 bits per heavy atom. The third kappa shape index (κ3) is 2.33. The molecule has 1 aliphatic rings. The number of aryl methyl sites for hydroxylation is 1. The number of amides is 1. The number of hydrogen-bond acceptors (Lipinski definition) is 4. The minimum atomic E-state index is 0.0682. The van der Waals surface area contributed by atoms with E-state index >= 15 is 0 Å². The molecule has 0 aromatic carbocycles. The Kier molecular flexibility index (Phi) is 3.78. The number of likely N-dealkylation sites (tertiary alicyclic amines) is 1. The van der Waals surface area contributed by atoms with Crippen molar-refractivity contribution in [2.45, 2.75) is 32.2 Å². The maximum atomic E-state index is 12.7. The monoisotopic (exact) mass is 287 g/mol. The van der Waals surface area contributed by atoms with Gasteiger partial charge in [-0.1, -0.05) is 19.4 Å². The summed E-state index contributed by atoms with van der Waals surface area (Å²) in [4.78, 5) is 24.2. The van der Waals surface area contributed by atoms with E-state index < -0.39 is 0 Å². The summed E-state index contributed by atoms with van der Waals surface area (Å²) in [6.07, 6.45) is 6.02. The van der Waals surface area contributed by atoms with Gasteiger partial charge in [0, 0.05) is 17.6 Å². The summed E-state index contributed by atoms with van der Waals surface area (Å²) in [6.45, 7) is 2.91. The maximum absolute atomic E-state index is 12.7. The molecule has 1 atom stereocenters. The lowest BCUT2D eigenvalue weighted by molar-refractivity contribution is 0.0465. The molecule has 0 N–H and O–H groups in total. The van der Waals surface area contributed by atoms with E-state index in [-0.39, 0.29) is 11.9 Å². The van der Waals surface area contributed by atoms with Crippen LogP contribution in [-0.2, 0) is 6.42 Å². The van der Waals surface area contributed by atoms with Crippen LogP contribution in [0.25, 0.3) is 0 Å². The standard InChI is InChI=1S/C15H17N3OS/c1-2-4-12-11(9-16-10-17-12)15(19)18-7-6-13(18)14-5-3-8-20-14/h3,5,8-10,13H,2,4,6-7H2,1H3/t13-/m0/s1. The Morgan fingerprint density at radius 3 is 3.10 bits per heavy atom. The fourth-order valence-corrected chi connectivity index (χ4v) is 3.41. The van der Waals surface area contributed by atoms with Gasteiger partial charge in [-0.2, -0.15) is 0 Å². The first-order valence-corrected chi connectivity index (χ1v) is 7.82. The number of carbonyl (C=O) groups is 1. The van der Waals surface area contributed by atoms with Gasteiger partial charge in [0.1, 0.15) is 6.33 Å². The molecule has 0 unspecified atom stereocenters. The number of hydrogen-bond donors (Lipinski definition) is 0. The topological polar surface area (TPSA) is 46.1 Å². The minimum Gasteiger partial charge on any atom is -0.331 e. The summed E-state index contributed by atoms with van der Waals surface area (Å²) in [5.74, 6) is 0.0682. The highest BCUT2D eigenvalue weighted by Gasteiger charge is 2.35. The maximum Gasteiger partial charge on any atom is 0.257 e. The normalized spacial score (nSPS) is 17.9. The van der Waals surface area contributed by atoms with Gasteiger partial charge in [0.05, 0.1) is 17.3 Å². The smallest absolute Gasteiger partial charge is 0.257 e. The molecule has 1 aliphatic heterocycles. The molecule has 20 heavy (non-hydrogen) atoms. The van der Waals surface area contributed by atoms with Crippen LogP contribution in [0.4, 0.5) is 0 Å². The molecule has 0 aliphatic carbocycles. The van der Waals surface area contributed by atoms with Crippen molar-refractivity contribution in [1.82, 2.24) is 14.9 Å². The molecular weight excluding hydrogens is 270 g/mol. The van der Waals surface area contributed by atoms with Gasteiger partial charge in [-0.25, -0.2) is 9.97 Å². The van der Waals surface area contributed by atoms with Crippen molar-refractivity contribution in [2.75, 3.05) is 6.54 Å². The molecule has 0 bridgehead atoms. The SMILES string of the molecule is CCCc1ncncc1C(=O)N1CC[C@H]1c1cccs1. The first-order valence-electron chi connectivity index (χ1n) is 6.94. The van der Waals surface area contributed by atoms with Gasteiger partial charge in [-0.05, 0) is 24.3 Å². The van der Waals surface area contributed by atoms with Crippen LogP contribution in [0.15, 0.2) is 30.0 Å². The molecule has 0 radical (unpaired) electrons. The molecule has 4 nitrogen and oxygen atoms in total. The molecule has 0 spiro atoms. The number of nitrogens with zero attached hydrogens (tertiary/aromatic N) is 3. The van der Waals surface area contributed by atoms with Gasteiger partial charge in [-0.3, -0.25) is 4.79 Å². The Labute approximate surface area is 122 Å². The lowest BCUT2D eigenvalue weighted by Crippen LogP contribution is -2.45. The van der Waals surface area contributed by atoms with Crippen LogP contribution < -0.4 is 0 Å². The van der Waals surface area contributed by atoms with Gasteiger partial charge >= 0.3 is 0 Å². The Morgan fingerprint density at radius 2 is 2.45 bits per heavy atom. The highest BCUT2D eigenvalue weighted by molar-refractivity contribution is 7.10. The molecule has 1 fully saturated rings. The molecule has 5 heteroatoms. The molecule has 1 saturated heterocycles. The molecule has 104 valence electrons. The van der Waals surface area contributed by atoms with E-state index in [0.29, 0.717) is 5.56 Å². The predicted molar refractivity (Wildman–Crippen MR) is 78.7 cm³/mol. The van der Waals surface area contributed by atoms with Crippen LogP contribution in [0.2, 0.25) is 0 Å². The van der Waals surface area contributed by atoms with Crippen molar-refractivity contribution in [3.8, 4) is 0 Å². The molecule has 2 aromatic rings. The van der Waals surface area contributed by atoms with Crippen molar-refractivity contribution in [3.63, 3.8) is 0 Å². The van der Waals surface area contributed by atoms with Crippen molar-refractivity contribution in [1.29, 1.82) is 0 Å². The summed E-state index contributed by atoms with van der Waals surface area (Å²) < 4.78 is 0. The van der Waals surface area contributed by atoms with Crippen molar-refractivity contribution in [3.05, 3.63) is 46.2 Å². The van der Waals surface area contributed by atoms with E-state index in [2.05, 4.69) is 28.3 Å². The van der Waals surface area contributed by atoms with Crippen molar-refractivity contribution in [2.24, 2.45) is 0 Å². The van der Waals surface area contributed by atoms with Gasteiger partial charge < -0.3 is 4.90 Å². The summed E-state index contributed by atoms with van der Waals surface area (Å²) >= 11 is 1.71. The van der Waals surface area contributed by atoms with Gasteiger partial charge in [0.25, 0.3) is 5.91 Å². The Hall–Kier alpha value is -1.75. The molecule has 3 heterocycles. The molecule has 2 aromatic heterocycles. The van der Waals surface area contributed by atoms with Crippen LogP contribution in [0.3, 0.4) is 0 Å². The second kappa shape index (κ2) is 5.71. The van der Waals surface area contributed by atoms with Gasteiger partial charge in [0.2, 0.25) is 0 Å². The van der Waals surface area contributed by atoms with Gasteiger partial charge in [-0.15, -0.1) is 11.3 Å². The lowest BCUT2D eigenvalue weighted by Gasteiger charge is -2.40. The zero-order valence-electron chi connectivity index (χ0n) is 11.5. The highest BCUT2D eigenvalue weighted by Crippen LogP contribution is 2.36. The van der Waals surface area contributed by atoms with Gasteiger partial charge in [0.15, 0.2) is 0 Å². The number of thiophene rings is 1. The van der Waals surface area contributed by atoms with E-state index in [4.69, 9.17) is 0 Å². The number of aromatic nitrogens is 2. The quantitative estimate of drug-likeness (QED) is 0.868. The second-order valence-corrected chi connectivity index (χ2v) is 5.93. The van der Waals surface area contributed by atoms with Crippen molar-refractivity contribution >= 4 is 17.2 Å². The van der Waals surface area contributed by atoms with E-state index in [9.17, 15) is 4.79 Å². The highest BCUT2D eigenvalue weighted by atomic mass is 32.1. The predicted octanol–water partition coefficient (Wildman–Crippen LogP) is 3.08. The molecule has 0 saturated carbocycles. The fourth-order valence-electron chi connectivity index (χ4n) is 2.53. The largest absolute Gasteiger partial charge is 0.331 e. The fraction of sp³-hybridized carbons (Fsp3) is 0.400. The molecule has 3 rings (SSSR count). The van der Waals surface area contributed by atoms with Crippen LogP contribution >= 0.6 is 11.3 Å². The lowest BCUT2D eigenvalue weighted by atomic mass is 9.99. The Balaban J connectivity index is 1.83. The number of carbonyl (C=O) groups excluding carboxylic acids is 1. The first kappa shape index (κ1) is 13.2. The third-order valence-electron chi connectivity index (χ3n) is 3.66. The van der Waals surface area contributed by atoms with Crippen LogP contribution in [-0.4, -0.2) is 27.3 Å². The second-order valence-electron chi connectivity index (χ2n) is 4.95. The van der Waals surface area contributed by atoms with E-state index in [1.54, 1.807) is 17.5 Å². The van der Waals surface area contributed by atoms with E-state index in [1.165, 1.54) is 11.2 Å². The van der Waals surface area contributed by atoms with Crippen LogP contribution in [0.5, 0.6) is 0 Å². The summed E-state index contributed by atoms with van der Waals surface area (Å²) in [7, 11) is 0. The zero-order valence-corrected chi connectivity index (χ0v) is 12.3. The Bertz CT molecular complexity index is 597. The minimum absolute atomic E-state index is 0.0682. The van der Waals surface area contributed by atoms with E-state index in [0.717, 1.165) is 31.5 Å². The van der Waals surface area contributed by atoms with E-state index in [1.807, 2.05) is 11.0 Å². The summed E-state index contributed by atoms with van der Waals surface area (Å²) in [5, 5.41) is 2.06. The van der Waals surface area contributed by atoms with Crippen molar-refractivity contribution < 1.29 is 4.79 Å². The summed E-state index contributed by atoms with van der Waals surface area (Å²) in [6, 6.07) is 4.37. The number of rotatable bonds is 4.